The molecule has 2 heteroatoms. The Morgan fingerprint density at radius 2 is 0.700 bits per heavy atom. The van der Waals surface area contributed by atoms with Crippen LogP contribution >= 0.6 is 22.7 Å². The van der Waals surface area contributed by atoms with Crippen molar-refractivity contribution in [1.82, 2.24) is 0 Å². The monoisotopic (exact) mass is 570 g/mol. The number of fused-ring (bicyclic) bond motifs is 7. The van der Waals surface area contributed by atoms with Gasteiger partial charge in [0.15, 0.2) is 0 Å². The molecular weight excluding hydrogens is 521 g/mol. The van der Waals surface area contributed by atoms with Gasteiger partial charge in [0.2, 0.25) is 0 Å². The molecule has 0 aliphatic rings. The SMILES string of the molecule is CCCCCCCCCCc1cc2c(ccc3c2ccc2c4cc(CCCCCCCCCC)sc4ccc23)s1. The summed E-state index contributed by atoms with van der Waals surface area (Å²) in [5.74, 6) is 0. The van der Waals surface area contributed by atoms with Crippen LogP contribution in [0.25, 0.3) is 41.7 Å². The molecule has 0 nitrogen and oxygen atoms in total. The van der Waals surface area contributed by atoms with Crippen LogP contribution in [0.3, 0.4) is 0 Å². The summed E-state index contributed by atoms with van der Waals surface area (Å²) in [6.45, 7) is 4.60. The van der Waals surface area contributed by atoms with E-state index in [0.29, 0.717) is 0 Å². The number of rotatable bonds is 18. The van der Waals surface area contributed by atoms with E-state index in [1.165, 1.54) is 157 Å². The molecule has 40 heavy (non-hydrogen) atoms. The zero-order chi connectivity index (χ0) is 27.6. The van der Waals surface area contributed by atoms with Crippen molar-refractivity contribution in [2.45, 2.75) is 129 Å². The molecule has 2 heterocycles. The normalized spacial score (nSPS) is 12.1. The predicted molar refractivity (Wildman–Crippen MR) is 185 cm³/mol. The highest BCUT2D eigenvalue weighted by atomic mass is 32.1. The molecule has 0 fully saturated rings. The zero-order valence-corrected chi connectivity index (χ0v) is 26.8. The van der Waals surface area contributed by atoms with Crippen LogP contribution in [-0.2, 0) is 12.8 Å². The Bertz CT molecular complexity index is 1370. The molecule has 0 aliphatic carbocycles. The minimum Gasteiger partial charge on any atom is -0.140 e. The van der Waals surface area contributed by atoms with Crippen LogP contribution in [0.4, 0.5) is 0 Å². The Labute approximate surface area is 251 Å². The first-order valence-corrected chi connectivity index (χ1v) is 18.2. The molecule has 5 rings (SSSR count). The molecule has 5 aromatic rings. The average Bonchev–Trinajstić information content (AvgIpc) is 3.59. The lowest BCUT2D eigenvalue weighted by Crippen LogP contribution is -1.83. The number of aryl methyl sites for hydroxylation is 2. The lowest BCUT2D eigenvalue weighted by molar-refractivity contribution is 0.576. The minimum atomic E-state index is 1.24. The van der Waals surface area contributed by atoms with E-state index in [1.54, 1.807) is 9.75 Å². The van der Waals surface area contributed by atoms with Crippen molar-refractivity contribution in [2.24, 2.45) is 0 Å². The maximum Gasteiger partial charge on any atom is 0.0352 e. The Hall–Kier alpha value is -1.90. The molecule has 0 unspecified atom stereocenters. The summed E-state index contributed by atoms with van der Waals surface area (Å²) in [7, 11) is 0. The highest BCUT2D eigenvalue weighted by Crippen LogP contribution is 2.39. The van der Waals surface area contributed by atoms with E-state index in [9.17, 15) is 0 Å². The number of unbranched alkanes of at least 4 members (excludes halogenated alkanes) is 14. The third-order valence-corrected chi connectivity index (χ3v) is 11.2. The molecule has 0 atom stereocenters. The number of hydrogen-bond donors (Lipinski definition) is 0. The van der Waals surface area contributed by atoms with Gasteiger partial charge in [0.1, 0.15) is 0 Å². The molecule has 0 aliphatic heterocycles. The van der Waals surface area contributed by atoms with Crippen LogP contribution in [0.2, 0.25) is 0 Å². The highest BCUT2D eigenvalue weighted by Gasteiger charge is 2.12. The van der Waals surface area contributed by atoms with Crippen LogP contribution in [0, 0.1) is 0 Å². The number of thiophene rings is 2. The predicted octanol–water partition coefficient (Wildman–Crippen LogP) is 13.8. The third-order valence-electron chi connectivity index (χ3n) is 8.85. The molecule has 0 amide bonds. The lowest BCUT2D eigenvalue weighted by Gasteiger charge is -2.06. The summed E-state index contributed by atoms with van der Waals surface area (Å²) in [5, 5.41) is 8.60. The maximum absolute atomic E-state index is 2.50. The smallest absolute Gasteiger partial charge is 0.0352 e. The Morgan fingerprint density at radius 1 is 0.375 bits per heavy atom. The van der Waals surface area contributed by atoms with Crippen LogP contribution in [-0.4, -0.2) is 0 Å². The fourth-order valence-electron chi connectivity index (χ4n) is 6.48. The first-order valence-electron chi connectivity index (χ1n) is 16.6. The summed E-state index contributed by atoms with van der Waals surface area (Å²) in [4.78, 5) is 3.12. The average molecular weight is 571 g/mol. The third kappa shape index (κ3) is 7.48. The molecule has 0 spiro atoms. The lowest BCUT2D eigenvalue weighted by atomic mass is 9.97. The summed E-state index contributed by atoms with van der Waals surface area (Å²) in [6, 6.07) is 19.3. The van der Waals surface area contributed by atoms with E-state index in [0.717, 1.165) is 0 Å². The topological polar surface area (TPSA) is 0 Å². The summed E-state index contributed by atoms with van der Waals surface area (Å²) >= 11 is 4.03. The van der Waals surface area contributed by atoms with Crippen molar-refractivity contribution in [1.29, 1.82) is 0 Å². The summed E-state index contributed by atoms with van der Waals surface area (Å²) in [6.07, 6.45) is 24.7. The quantitative estimate of drug-likeness (QED) is 0.0726. The molecular formula is C38H50S2. The standard InChI is InChI=1S/C38H50S2/c1-3-5-7-9-11-13-15-17-19-29-27-35-33-21-22-34-32(31(33)23-25-37(35)39-29)24-26-38-36(34)28-30(40-38)20-18-16-14-12-10-8-6-4-2/h21-28H,3-20H2,1-2H3. The van der Waals surface area contributed by atoms with Crippen molar-refractivity contribution in [3.63, 3.8) is 0 Å². The second-order valence-corrected chi connectivity index (χ2v) is 14.4. The van der Waals surface area contributed by atoms with E-state index >= 15 is 0 Å². The zero-order valence-electron chi connectivity index (χ0n) is 25.2. The van der Waals surface area contributed by atoms with Crippen LogP contribution in [0.1, 0.15) is 126 Å². The van der Waals surface area contributed by atoms with Gasteiger partial charge < -0.3 is 0 Å². The van der Waals surface area contributed by atoms with Crippen molar-refractivity contribution < 1.29 is 0 Å². The van der Waals surface area contributed by atoms with Crippen LogP contribution in [0.5, 0.6) is 0 Å². The van der Waals surface area contributed by atoms with Crippen LogP contribution in [0.15, 0.2) is 48.5 Å². The number of benzene rings is 3. The van der Waals surface area contributed by atoms with E-state index in [1.807, 2.05) is 22.7 Å². The molecule has 0 saturated heterocycles. The summed E-state index contributed by atoms with van der Waals surface area (Å²) in [5.41, 5.74) is 0. The van der Waals surface area contributed by atoms with Gasteiger partial charge >= 0.3 is 0 Å². The Balaban J connectivity index is 1.23. The second-order valence-electron chi connectivity index (χ2n) is 12.1. The van der Waals surface area contributed by atoms with Gasteiger partial charge in [-0.05, 0) is 71.5 Å². The van der Waals surface area contributed by atoms with Gasteiger partial charge in [0.05, 0.1) is 0 Å². The molecule has 3 aromatic carbocycles. The first kappa shape index (κ1) is 29.6. The first-order chi connectivity index (χ1) is 19.8. The molecule has 0 N–H and O–H groups in total. The molecule has 0 saturated carbocycles. The Kier molecular flexibility index (Phi) is 11.4. The van der Waals surface area contributed by atoms with E-state index in [4.69, 9.17) is 0 Å². The van der Waals surface area contributed by atoms with Gasteiger partial charge in [-0.15, -0.1) is 22.7 Å². The molecule has 2 aromatic heterocycles. The van der Waals surface area contributed by atoms with E-state index in [-0.39, 0.29) is 0 Å². The van der Waals surface area contributed by atoms with Gasteiger partial charge in [-0.3, -0.25) is 0 Å². The van der Waals surface area contributed by atoms with E-state index < -0.39 is 0 Å². The molecule has 0 bridgehead atoms. The fraction of sp³-hybridized carbons (Fsp3) is 0.526. The Morgan fingerprint density at radius 3 is 1.10 bits per heavy atom. The van der Waals surface area contributed by atoms with Crippen LogP contribution < -0.4 is 0 Å². The van der Waals surface area contributed by atoms with Crippen molar-refractivity contribution in [3.8, 4) is 0 Å². The van der Waals surface area contributed by atoms with E-state index in [2.05, 4.69) is 62.4 Å². The molecule has 214 valence electrons. The van der Waals surface area contributed by atoms with Crippen molar-refractivity contribution >= 4 is 64.4 Å². The fourth-order valence-corrected chi connectivity index (χ4v) is 8.72. The van der Waals surface area contributed by atoms with Crippen molar-refractivity contribution in [2.75, 3.05) is 0 Å². The van der Waals surface area contributed by atoms with Gasteiger partial charge in [0, 0.05) is 29.9 Å². The van der Waals surface area contributed by atoms with Gasteiger partial charge in [0.25, 0.3) is 0 Å². The second kappa shape index (κ2) is 15.4. The minimum absolute atomic E-state index is 1.24. The van der Waals surface area contributed by atoms with Gasteiger partial charge in [-0.2, -0.15) is 0 Å². The highest BCUT2D eigenvalue weighted by molar-refractivity contribution is 7.19. The van der Waals surface area contributed by atoms with Crippen molar-refractivity contribution in [3.05, 3.63) is 58.3 Å². The summed E-state index contributed by atoms with van der Waals surface area (Å²) < 4.78 is 2.90. The largest absolute Gasteiger partial charge is 0.140 e. The van der Waals surface area contributed by atoms with Gasteiger partial charge in [-0.1, -0.05) is 128 Å². The van der Waals surface area contributed by atoms with Gasteiger partial charge in [-0.25, -0.2) is 0 Å². The molecule has 0 radical (unpaired) electrons. The maximum atomic E-state index is 2.50. The number of hydrogen-bond acceptors (Lipinski definition) is 2.